The van der Waals surface area contributed by atoms with Crippen LogP contribution in [0, 0.1) is 6.92 Å². The zero-order valence-electron chi connectivity index (χ0n) is 9.90. The second kappa shape index (κ2) is 5.76. The summed E-state index contributed by atoms with van der Waals surface area (Å²) in [5.41, 5.74) is 2.28. The Morgan fingerprint density at radius 1 is 1.47 bits per heavy atom. The summed E-state index contributed by atoms with van der Waals surface area (Å²) >= 11 is 5.25. The number of rotatable bonds is 4. The third kappa shape index (κ3) is 3.63. The maximum absolute atomic E-state index is 4.29. The molecule has 1 N–H and O–H groups in total. The molecule has 0 saturated heterocycles. The fourth-order valence-corrected chi connectivity index (χ4v) is 3.01. The zero-order valence-corrected chi connectivity index (χ0v) is 12.3. The predicted octanol–water partition coefficient (Wildman–Crippen LogP) is 4.06. The van der Waals surface area contributed by atoms with Gasteiger partial charge in [-0.25, -0.2) is 0 Å². The number of nitrogens with zero attached hydrogens (tertiary/aromatic N) is 1. The van der Waals surface area contributed by atoms with Gasteiger partial charge in [-0.3, -0.25) is 4.98 Å². The van der Waals surface area contributed by atoms with Gasteiger partial charge in [0, 0.05) is 39.2 Å². The molecule has 17 heavy (non-hydrogen) atoms. The molecule has 2 aromatic heterocycles. The van der Waals surface area contributed by atoms with Gasteiger partial charge in [0.25, 0.3) is 0 Å². The van der Waals surface area contributed by atoms with Crippen molar-refractivity contribution in [2.24, 2.45) is 0 Å². The van der Waals surface area contributed by atoms with E-state index in [4.69, 9.17) is 0 Å². The van der Waals surface area contributed by atoms with Crippen molar-refractivity contribution in [3.63, 3.8) is 0 Å². The van der Waals surface area contributed by atoms with E-state index in [9.17, 15) is 0 Å². The second-order valence-corrected chi connectivity index (χ2v) is 5.94. The van der Waals surface area contributed by atoms with Gasteiger partial charge >= 0.3 is 0 Å². The van der Waals surface area contributed by atoms with Gasteiger partial charge in [-0.15, -0.1) is 11.3 Å². The van der Waals surface area contributed by atoms with E-state index < -0.39 is 0 Å². The van der Waals surface area contributed by atoms with E-state index in [1.54, 1.807) is 11.3 Å². The van der Waals surface area contributed by atoms with Crippen molar-refractivity contribution in [3.05, 3.63) is 50.4 Å². The average Bonchev–Trinajstić information content (AvgIpc) is 2.75. The third-order valence-corrected chi connectivity index (χ3v) is 4.48. The quantitative estimate of drug-likeness (QED) is 0.921. The van der Waals surface area contributed by atoms with Crippen LogP contribution in [-0.4, -0.2) is 4.98 Å². The minimum absolute atomic E-state index is 0.368. The molecule has 0 aliphatic carbocycles. The summed E-state index contributed by atoms with van der Waals surface area (Å²) in [4.78, 5) is 5.63. The molecule has 90 valence electrons. The Bertz CT molecular complexity index is 478. The van der Waals surface area contributed by atoms with Gasteiger partial charge < -0.3 is 5.32 Å². The van der Waals surface area contributed by atoms with E-state index in [-0.39, 0.29) is 0 Å². The molecule has 0 spiro atoms. The number of pyridine rings is 1. The topological polar surface area (TPSA) is 24.9 Å². The van der Waals surface area contributed by atoms with Crippen LogP contribution in [-0.2, 0) is 6.54 Å². The highest BCUT2D eigenvalue weighted by molar-refractivity contribution is 9.10. The largest absolute Gasteiger partial charge is 0.305 e. The van der Waals surface area contributed by atoms with Gasteiger partial charge in [-0.05, 0) is 47.5 Å². The van der Waals surface area contributed by atoms with Crippen molar-refractivity contribution < 1.29 is 0 Å². The first-order chi connectivity index (χ1) is 8.15. The maximum Gasteiger partial charge on any atom is 0.0389 e. The van der Waals surface area contributed by atoms with Crippen molar-refractivity contribution in [2.45, 2.75) is 26.4 Å². The predicted molar refractivity (Wildman–Crippen MR) is 76.2 cm³/mol. The molecule has 4 heteroatoms. The molecule has 2 heterocycles. The van der Waals surface area contributed by atoms with Crippen LogP contribution in [0.5, 0.6) is 0 Å². The number of aromatic nitrogens is 1. The third-order valence-electron chi connectivity index (χ3n) is 2.60. The average molecular weight is 311 g/mol. The first-order valence-corrected chi connectivity index (χ1v) is 7.21. The monoisotopic (exact) mass is 310 g/mol. The first-order valence-electron chi connectivity index (χ1n) is 5.54. The lowest BCUT2D eigenvalue weighted by Crippen LogP contribution is -2.17. The number of hydrogen-bond donors (Lipinski definition) is 1. The lowest BCUT2D eigenvalue weighted by atomic mass is 10.2. The van der Waals surface area contributed by atoms with Gasteiger partial charge in [0.1, 0.15) is 0 Å². The van der Waals surface area contributed by atoms with E-state index in [0.717, 1.165) is 16.7 Å². The van der Waals surface area contributed by atoms with Crippen LogP contribution in [0.1, 0.15) is 29.1 Å². The van der Waals surface area contributed by atoms with Crippen molar-refractivity contribution in [1.82, 2.24) is 10.3 Å². The van der Waals surface area contributed by atoms with E-state index >= 15 is 0 Å². The SMILES string of the molecule is Cc1ccc(CNC(C)c2cc(Br)cs2)cn1. The lowest BCUT2D eigenvalue weighted by Gasteiger charge is -2.11. The van der Waals surface area contributed by atoms with Gasteiger partial charge in [0.05, 0.1) is 0 Å². The van der Waals surface area contributed by atoms with Gasteiger partial charge in [0.2, 0.25) is 0 Å². The van der Waals surface area contributed by atoms with E-state index in [0.29, 0.717) is 6.04 Å². The van der Waals surface area contributed by atoms with Crippen molar-refractivity contribution in [3.8, 4) is 0 Å². The highest BCUT2D eigenvalue weighted by Crippen LogP contribution is 2.25. The van der Waals surface area contributed by atoms with Crippen molar-refractivity contribution in [2.75, 3.05) is 0 Å². The lowest BCUT2D eigenvalue weighted by molar-refractivity contribution is 0.582. The molecule has 2 nitrogen and oxygen atoms in total. The standard InChI is InChI=1S/C13H15BrN2S/c1-9-3-4-11(6-15-9)7-16-10(2)13-5-12(14)8-17-13/h3-6,8,10,16H,7H2,1-2H3. The number of aryl methyl sites for hydroxylation is 1. The molecule has 1 unspecified atom stereocenters. The Morgan fingerprint density at radius 2 is 2.29 bits per heavy atom. The van der Waals surface area contributed by atoms with Crippen LogP contribution in [0.15, 0.2) is 34.2 Å². The molecule has 0 fully saturated rings. The van der Waals surface area contributed by atoms with E-state index in [2.05, 4.69) is 50.7 Å². The van der Waals surface area contributed by atoms with Crippen LogP contribution in [0.4, 0.5) is 0 Å². The van der Waals surface area contributed by atoms with Crippen LogP contribution < -0.4 is 5.32 Å². The van der Waals surface area contributed by atoms with E-state index in [1.165, 1.54) is 10.4 Å². The molecule has 0 radical (unpaired) electrons. The van der Waals surface area contributed by atoms with E-state index in [1.807, 2.05) is 19.2 Å². The number of halogens is 1. The smallest absolute Gasteiger partial charge is 0.0389 e. The molecule has 0 amide bonds. The number of nitrogens with one attached hydrogen (secondary N) is 1. The summed E-state index contributed by atoms with van der Waals surface area (Å²) in [6.07, 6.45) is 1.93. The zero-order chi connectivity index (χ0) is 12.3. The molecule has 0 aliphatic heterocycles. The second-order valence-electron chi connectivity index (χ2n) is 4.08. The summed E-state index contributed by atoms with van der Waals surface area (Å²) in [7, 11) is 0. The summed E-state index contributed by atoms with van der Waals surface area (Å²) in [6, 6.07) is 6.69. The molecule has 2 aromatic rings. The Kier molecular flexibility index (Phi) is 4.31. The molecular weight excluding hydrogens is 296 g/mol. The summed E-state index contributed by atoms with van der Waals surface area (Å²) in [5.74, 6) is 0. The molecule has 2 rings (SSSR count). The summed E-state index contributed by atoms with van der Waals surface area (Å²) in [6.45, 7) is 5.03. The van der Waals surface area contributed by atoms with Crippen LogP contribution >= 0.6 is 27.3 Å². The molecule has 1 atom stereocenters. The molecule has 0 saturated carbocycles. The maximum atomic E-state index is 4.29. The first kappa shape index (κ1) is 12.7. The Hall–Kier alpha value is -0.710. The van der Waals surface area contributed by atoms with Crippen molar-refractivity contribution >= 4 is 27.3 Å². The molecule has 0 aliphatic rings. The highest BCUT2D eigenvalue weighted by atomic mass is 79.9. The Labute approximate surface area is 114 Å². The molecule has 0 bridgehead atoms. The fourth-order valence-electron chi connectivity index (χ4n) is 1.53. The fraction of sp³-hybridized carbons (Fsp3) is 0.308. The highest BCUT2D eigenvalue weighted by Gasteiger charge is 2.07. The summed E-state index contributed by atoms with van der Waals surface area (Å²) < 4.78 is 1.16. The minimum atomic E-state index is 0.368. The van der Waals surface area contributed by atoms with Gasteiger partial charge in [-0.1, -0.05) is 6.07 Å². The number of hydrogen-bond acceptors (Lipinski definition) is 3. The molecule has 0 aromatic carbocycles. The Balaban J connectivity index is 1.92. The Morgan fingerprint density at radius 3 is 2.88 bits per heavy atom. The van der Waals surface area contributed by atoms with Gasteiger partial charge in [-0.2, -0.15) is 0 Å². The van der Waals surface area contributed by atoms with Gasteiger partial charge in [0.15, 0.2) is 0 Å². The van der Waals surface area contributed by atoms with Crippen LogP contribution in [0.2, 0.25) is 0 Å². The van der Waals surface area contributed by atoms with Crippen LogP contribution in [0.3, 0.4) is 0 Å². The number of thiophene rings is 1. The van der Waals surface area contributed by atoms with Crippen molar-refractivity contribution in [1.29, 1.82) is 0 Å². The summed E-state index contributed by atoms with van der Waals surface area (Å²) in [5, 5.41) is 5.61. The normalized spacial score (nSPS) is 12.6. The molecular formula is C13H15BrN2S. The van der Waals surface area contributed by atoms with Crippen LogP contribution in [0.25, 0.3) is 0 Å². The minimum Gasteiger partial charge on any atom is -0.305 e.